The number of rotatable bonds is 4. The van der Waals surface area contributed by atoms with E-state index in [1.165, 1.54) is 19.1 Å². The van der Waals surface area contributed by atoms with Gasteiger partial charge in [-0.1, -0.05) is 0 Å². The summed E-state index contributed by atoms with van der Waals surface area (Å²) in [7, 11) is 0. The zero-order valence-electron chi connectivity index (χ0n) is 9.02. The van der Waals surface area contributed by atoms with Gasteiger partial charge in [-0.3, -0.25) is 4.79 Å². The molecule has 0 amide bonds. The SMILES string of the molecule is Cc1cc(C(=O)O)ccc1NC(C)C(=O)O. The summed E-state index contributed by atoms with van der Waals surface area (Å²) >= 11 is 0. The number of aryl methyl sites for hydroxylation is 1. The van der Waals surface area contributed by atoms with Crippen LogP contribution in [0.2, 0.25) is 0 Å². The Morgan fingerprint density at radius 1 is 1.31 bits per heavy atom. The molecule has 5 heteroatoms. The molecule has 86 valence electrons. The largest absolute Gasteiger partial charge is 0.480 e. The molecule has 0 heterocycles. The number of carbonyl (C=O) groups is 2. The highest BCUT2D eigenvalue weighted by Crippen LogP contribution is 2.17. The van der Waals surface area contributed by atoms with Gasteiger partial charge in [0.1, 0.15) is 6.04 Å². The molecule has 5 nitrogen and oxygen atoms in total. The minimum absolute atomic E-state index is 0.186. The van der Waals surface area contributed by atoms with E-state index in [0.717, 1.165) is 0 Å². The number of hydrogen-bond acceptors (Lipinski definition) is 3. The number of anilines is 1. The summed E-state index contributed by atoms with van der Waals surface area (Å²) in [6, 6.07) is 3.79. The first-order valence-corrected chi connectivity index (χ1v) is 4.75. The number of aromatic carboxylic acids is 1. The van der Waals surface area contributed by atoms with Crippen LogP contribution in [0.15, 0.2) is 18.2 Å². The Kier molecular flexibility index (Phi) is 3.50. The first-order chi connectivity index (χ1) is 7.41. The van der Waals surface area contributed by atoms with Crippen LogP contribution < -0.4 is 5.32 Å². The second-order valence-electron chi connectivity index (χ2n) is 3.54. The summed E-state index contributed by atoms with van der Waals surface area (Å²) in [5.41, 5.74) is 1.51. The molecule has 0 fully saturated rings. The molecule has 1 aromatic carbocycles. The van der Waals surface area contributed by atoms with Gasteiger partial charge in [-0.25, -0.2) is 4.79 Å². The van der Waals surface area contributed by atoms with Crippen LogP contribution >= 0.6 is 0 Å². The zero-order chi connectivity index (χ0) is 12.3. The van der Waals surface area contributed by atoms with Gasteiger partial charge in [0, 0.05) is 5.69 Å². The summed E-state index contributed by atoms with van der Waals surface area (Å²) < 4.78 is 0. The second-order valence-corrected chi connectivity index (χ2v) is 3.54. The van der Waals surface area contributed by atoms with Crippen molar-refractivity contribution in [3.05, 3.63) is 29.3 Å². The molecule has 16 heavy (non-hydrogen) atoms. The Morgan fingerprint density at radius 2 is 1.94 bits per heavy atom. The molecule has 3 N–H and O–H groups in total. The maximum Gasteiger partial charge on any atom is 0.335 e. The predicted octanol–water partition coefficient (Wildman–Crippen LogP) is 1.58. The molecule has 0 radical (unpaired) electrons. The van der Waals surface area contributed by atoms with Gasteiger partial charge in [-0.15, -0.1) is 0 Å². The first kappa shape index (κ1) is 12.0. The second kappa shape index (κ2) is 4.65. The van der Waals surface area contributed by atoms with Crippen molar-refractivity contribution in [3.8, 4) is 0 Å². The van der Waals surface area contributed by atoms with Crippen molar-refractivity contribution < 1.29 is 19.8 Å². The molecule has 0 aliphatic carbocycles. The summed E-state index contributed by atoms with van der Waals surface area (Å²) in [6.45, 7) is 3.25. The number of nitrogens with one attached hydrogen (secondary N) is 1. The molecule has 0 saturated heterocycles. The van der Waals surface area contributed by atoms with Crippen molar-refractivity contribution in [2.24, 2.45) is 0 Å². The lowest BCUT2D eigenvalue weighted by atomic mass is 10.1. The number of hydrogen-bond donors (Lipinski definition) is 3. The third-order valence-electron chi connectivity index (χ3n) is 2.22. The van der Waals surface area contributed by atoms with E-state index in [0.29, 0.717) is 11.3 Å². The summed E-state index contributed by atoms with van der Waals surface area (Å²) in [6.07, 6.45) is 0. The average molecular weight is 223 g/mol. The molecule has 1 rings (SSSR count). The van der Waals surface area contributed by atoms with Gasteiger partial charge < -0.3 is 15.5 Å². The minimum atomic E-state index is -0.999. The van der Waals surface area contributed by atoms with Crippen LogP contribution in [-0.4, -0.2) is 28.2 Å². The van der Waals surface area contributed by atoms with Crippen LogP contribution in [0, 0.1) is 6.92 Å². The lowest BCUT2D eigenvalue weighted by molar-refractivity contribution is -0.137. The minimum Gasteiger partial charge on any atom is -0.480 e. The van der Waals surface area contributed by atoms with Gasteiger partial charge in [-0.2, -0.15) is 0 Å². The van der Waals surface area contributed by atoms with Crippen LogP contribution in [0.25, 0.3) is 0 Å². The average Bonchev–Trinajstić information content (AvgIpc) is 2.20. The van der Waals surface area contributed by atoms with Crippen LogP contribution in [0.4, 0.5) is 5.69 Å². The topological polar surface area (TPSA) is 86.6 Å². The normalized spacial score (nSPS) is 11.9. The Balaban J connectivity index is 2.91. The van der Waals surface area contributed by atoms with Crippen molar-refractivity contribution in [2.75, 3.05) is 5.32 Å². The Bertz CT molecular complexity index is 428. The standard InChI is InChI=1S/C11H13NO4/c1-6-5-8(11(15)16)3-4-9(6)12-7(2)10(13)14/h3-5,7,12H,1-2H3,(H,13,14)(H,15,16). The van der Waals surface area contributed by atoms with E-state index < -0.39 is 18.0 Å². The Morgan fingerprint density at radius 3 is 2.38 bits per heavy atom. The molecule has 0 aliphatic heterocycles. The maximum absolute atomic E-state index is 10.7. The Labute approximate surface area is 92.7 Å². The van der Waals surface area contributed by atoms with E-state index in [1.54, 1.807) is 13.0 Å². The van der Waals surface area contributed by atoms with Crippen LogP contribution in [0.1, 0.15) is 22.8 Å². The van der Waals surface area contributed by atoms with Crippen molar-refractivity contribution in [2.45, 2.75) is 19.9 Å². The summed E-state index contributed by atoms with van der Waals surface area (Å²) in [5, 5.41) is 20.3. The maximum atomic E-state index is 10.7. The number of aliphatic carboxylic acids is 1. The first-order valence-electron chi connectivity index (χ1n) is 4.75. The van der Waals surface area contributed by atoms with Crippen molar-refractivity contribution >= 4 is 17.6 Å². The fraction of sp³-hybridized carbons (Fsp3) is 0.273. The monoisotopic (exact) mass is 223 g/mol. The number of benzene rings is 1. The molecule has 1 atom stereocenters. The van der Waals surface area contributed by atoms with E-state index in [4.69, 9.17) is 10.2 Å². The van der Waals surface area contributed by atoms with E-state index >= 15 is 0 Å². The molecule has 1 unspecified atom stereocenters. The third kappa shape index (κ3) is 2.73. The van der Waals surface area contributed by atoms with Gasteiger partial charge in [0.25, 0.3) is 0 Å². The molecule has 0 bridgehead atoms. The van der Waals surface area contributed by atoms with E-state index in [9.17, 15) is 9.59 Å². The van der Waals surface area contributed by atoms with Crippen LogP contribution in [-0.2, 0) is 4.79 Å². The number of carboxylic acids is 2. The predicted molar refractivity (Wildman–Crippen MR) is 58.9 cm³/mol. The highest BCUT2D eigenvalue weighted by molar-refractivity contribution is 5.88. The van der Waals surface area contributed by atoms with Gasteiger partial charge in [0.2, 0.25) is 0 Å². The fourth-order valence-electron chi connectivity index (χ4n) is 1.25. The highest BCUT2D eigenvalue weighted by atomic mass is 16.4. The molecule has 0 spiro atoms. The van der Waals surface area contributed by atoms with Crippen molar-refractivity contribution in [3.63, 3.8) is 0 Å². The molecular formula is C11H13NO4. The molecule has 0 aromatic heterocycles. The summed E-state index contributed by atoms with van der Waals surface area (Å²) in [4.78, 5) is 21.3. The van der Waals surface area contributed by atoms with Crippen LogP contribution in [0.5, 0.6) is 0 Å². The smallest absolute Gasteiger partial charge is 0.335 e. The van der Waals surface area contributed by atoms with E-state index in [2.05, 4.69) is 5.32 Å². The van der Waals surface area contributed by atoms with Crippen molar-refractivity contribution in [1.29, 1.82) is 0 Å². The third-order valence-corrected chi connectivity index (χ3v) is 2.22. The zero-order valence-corrected chi connectivity index (χ0v) is 9.02. The lowest BCUT2D eigenvalue weighted by Crippen LogP contribution is -2.25. The highest BCUT2D eigenvalue weighted by Gasteiger charge is 2.12. The van der Waals surface area contributed by atoms with Gasteiger partial charge in [0.15, 0.2) is 0 Å². The van der Waals surface area contributed by atoms with Crippen molar-refractivity contribution in [1.82, 2.24) is 0 Å². The quantitative estimate of drug-likeness (QED) is 0.721. The lowest BCUT2D eigenvalue weighted by Gasteiger charge is -2.13. The molecular weight excluding hydrogens is 210 g/mol. The summed E-state index contributed by atoms with van der Waals surface area (Å²) in [5.74, 6) is -1.96. The Hall–Kier alpha value is -2.04. The van der Waals surface area contributed by atoms with Gasteiger partial charge >= 0.3 is 11.9 Å². The van der Waals surface area contributed by atoms with Crippen LogP contribution in [0.3, 0.4) is 0 Å². The van der Waals surface area contributed by atoms with E-state index in [1.807, 2.05) is 0 Å². The van der Waals surface area contributed by atoms with E-state index in [-0.39, 0.29) is 5.56 Å². The van der Waals surface area contributed by atoms with Gasteiger partial charge in [-0.05, 0) is 37.6 Å². The number of carboxylic acid groups (broad SMARTS) is 2. The van der Waals surface area contributed by atoms with Gasteiger partial charge in [0.05, 0.1) is 5.56 Å². The molecule has 0 aliphatic rings. The molecule has 0 saturated carbocycles. The molecule has 1 aromatic rings. The fourth-order valence-corrected chi connectivity index (χ4v) is 1.25.